The van der Waals surface area contributed by atoms with Crippen molar-refractivity contribution in [2.75, 3.05) is 46.9 Å². The van der Waals surface area contributed by atoms with E-state index in [9.17, 15) is 4.79 Å². The molecule has 8 heteroatoms. The number of hydrogen-bond acceptors (Lipinski definition) is 4. The zero-order valence-electron chi connectivity index (χ0n) is 19.8. The molecule has 1 aliphatic carbocycles. The molecule has 0 radical (unpaired) electrons. The fourth-order valence-corrected chi connectivity index (χ4v) is 4.21. The van der Waals surface area contributed by atoms with Gasteiger partial charge in [0.1, 0.15) is 0 Å². The fraction of sp³-hybridized carbons (Fsp3) is 0.667. The Morgan fingerprint density at radius 2 is 1.84 bits per heavy atom. The molecule has 1 aliphatic heterocycles. The maximum absolute atomic E-state index is 12.1. The lowest BCUT2D eigenvalue weighted by Gasteiger charge is -2.31. The van der Waals surface area contributed by atoms with Crippen molar-refractivity contribution in [3.8, 4) is 0 Å². The number of morpholine rings is 1. The summed E-state index contributed by atoms with van der Waals surface area (Å²) in [5, 5.41) is 6.87. The normalized spacial score (nSPS) is 22.0. The molecule has 0 spiro atoms. The van der Waals surface area contributed by atoms with Gasteiger partial charge in [0.2, 0.25) is 5.91 Å². The van der Waals surface area contributed by atoms with Gasteiger partial charge in [0.05, 0.1) is 26.3 Å². The number of halogens is 1. The van der Waals surface area contributed by atoms with Crippen molar-refractivity contribution in [3.05, 3.63) is 35.4 Å². The predicted molar refractivity (Wildman–Crippen MR) is 140 cm³/mol. The molecule has 1 amide bonds. The first kappa shape index (κ1) is 26.9. The van der Waals surface area contributed by atoms with Gasteiger partial charge in [-0.1, -0.05) is 44.0 Å². The lowest BCUT2D eigenvalue weighted by Crippen LogP contribution is -2.49. The van der Waals surface area contributed by atoms with Gasteiger partial charge in [-0.2, -0.15) is 0 Å². The quantitative estimate of drug-likeness (QED) is 0.307. The van der Waals surface area contributed by atoms with Crippen molar-refractivity contribution < 1.29 is 9.53 Å². The molecule has 0 bridgehead atoms. The molecule has 1 saturated heterocycles. The van der Waals surface area contributed by atoms with Gasteiger partial charge in [0, 0.05) is 39.8 Å². The minimum Gasteiger partial charge on any atom is -0.379 e. The Morgan fingerprint density at radius 3 is 2.53 bits per heavy atom. The Bertz CT molecular complexity index is 737. The largest absolute Gasteiger partial charge is 0.379 e. The van der Waals surface area contributed by atoms with Crippen LogP contribution in [0.2, 0.25) is 0 Å². The third kappa shape index (κ3) is 8.51. The summed E-state index contributed by atoms with van der Waals surface area (Å²) in [7, 11) is 3.55. The molecule has 1 saturated carbocycles. The highest BCUT2D eigenvalue weighted by Crippen LogP contribution is 2.23. The number of benzene rings is 1. The summed E-state index contributed by atoms with van der Waals surface area (Å²) in [6.45, 7) is 7.61. The summed E-state index contributed by atoms with van der Waals surface area (Å²) in [6, 6.07) is 8.93. The number of amides is 1. The number of nitrogens with one attached hydrogen (secondary N) is 2. The van der Waals surface area contributed by atoms with E-state index in [2.05, 4.69) is 46.7 Å². The van der Waals surface area contributed by atoms with Crippen molar-refractivity contribution >= 4 is 35.8 Å². The SMILES string of the molecule is CC1CCCCC1NC(=NCc1ccccc1CN1CCOCC1)NCC(=O)N(C)C.I. The van der Waals surface area contributed by atoms with E-state index in [0.29, 0.717) is 18.5 Å². The summed E-state index contributed by atoms with van der Waals surface area (Å²) in [5.41, 5.74) is 2.54. The molecule has 180 valence electrons. The second-order valence-electron chi connectivity index (χ2n) is 8.98. The molecule has 0 aromatic heterocycles. The lowest BCUT2D eigenvalue weighted by molar-refractivity contribution is -0.127. The number of aliphatic imine (C=N–C) groups is 1. The monoisotopic (exact) mass is 557 g/mol. The Morgan fingerprint density at radius 1 is 1.16 bits per heavy atom. The summed E-state index contributed by atoms with van der Waals surface area (Å²) in [5.74, 6) is 1.38. The van der Waals surface area contributed by atoms with Crippen LogP contribution in [0.25, 0.3) is 0 Å². The number of hydrogen-bond donors (Lipinski definition) is 2. The smallest absolute Gasteiger partial charge is 0.241 e. The molecule has 32 heavy (non-hydrogen) atoms. The maximum atomic E-state index is 12.1. The average molecular weight is 558 g/mol. The molecular formula is C24H40IN5O2. The van der Waals surface area contributed by atoms with Crippen molar-refractivity contribution in [1.82, 2.24) is 20.4 Å². The maximum Gasteiger partial charge on any atom is 0.241 e. The van der Waals surface area contributed by atoms with E-state index < -0.39 is 0 Å². The van der Waals surface area contributed by atoms with Gasteiger partial charge < -0.3 is 20.3 Å². The second-order valence-corrected chi connectivity index (χ2v) is 8.98. The van der Waals surface area contributed by atoms with Crippen LogP contribution in [0, 0.1) is 5.92 Å². The van der Waals surface area contributed by atoms with E-state index in [1.54, 1.807) is 19.0 Å². The zero-order chi connectivity index (χ0) is 22.1. The molecule has 2 atom stereocenters. The van der Waals surface area contributed by atoms with E-state index in [1.165, 1.54) is 30.4 Å². The van der Waals surface area contributed by atoms with Crippen LogP contribution in [0.15, 0.2) is 29.3 Å². The molecule has 1 heterocycles. The Kier molecular flexibility index (Phi) is 11.7. The molecule has 1 aromatic rings. The van der Waals surface area contributed by atoms with Crippen LogP contribution >= 0.6 is 24.0 Å². The first-order valence-corrected chi connectivity index (χ1v) is 11.6. The molecule has 3 rings (SSSR count). The third-order valence-electron chi connectivity index (χ3n) is 6.36. The lowest BCUT2D eigenvalue weighted by atomic mass is 9.86. The van der Waals surface area contributed by atoms with Gasteiger partial charge in [-0.25, -0.2) is 4.99 Å². The highest BCUT2D eigenvalue weighted by molar-refractivity contribution is 14.0. The van der Waals surface area contributed by atoms with Crippen LogP contribution in [0.3, 0.4) is 0 Å². The predicted octanol–water partition coefficient (Wildman–Crippen LogP) is 2.84. The summed E-state index contributed by atoms with van der Waals surface area (Å²) >= 11 is 0. The van der Waals surface area contributed by atoms with E-state index >= 15 is 0 Å². The third-order valence-corrected chi connectivity index (χ3v) is 6.36. The van der Waals surface area contributed by atoms with Gasteiger partial charge in [0.25, 0.3) is 0 Å². The van der Waals surface area contributed by atoms with Crippen molar-refractivity contribution in [1.29, 1.82) is 0 Å². The number of carbonyl (C=O) groups excluding carboxylic acids is 1. The minimum absolute atomic E-state index is 0. The Balaban J connectivity index is 0.00000363. The van der Waals surface area contributed by atoms with Crippen LogP contribution in [0.4, 0.5) is 0 Å². The fourth-order valence-electron chi connectivity index (χ4n) is 4.21. The average Bonchev–Trinajstić information content (AvgIpc) is 2.78. The molecule has 2 aliphatic rings. The second kappa shape index (κ2) is 14.0. The molecule has 7 nitrogen and oxygen atoms in total. The number of ether oxygens (including phenoxy) is 1. The number of likely N-dealkylation sites (N-methyl/N-ethyl adjacent to an activating group) is 1. The van der Waals surface area contributed by atoms with Gasteiger partial charge >= 0.3 is 0 Å². The van der Waals surface area contributed by atoms with Crippen molar-refractivity contribution in [2.45, 2.75) is 51.7 Å². The number of guanidine groups is 1. The first-order chi connectivity index (χ1) is 15.0. The van der Waals surface area contributed by atoms with Crippen LogP contribution in [0.5, 0.6) is 0 Å². The van der Waals surface area contributed by atoms with E-state index in [-0.39, 0.29) is 36.4 Å². The van der Waals surface area contributed by atoms with E-state index in [0.717, 1.165) is 45.2 Å². The number of carbonyl (C=O) groups is 1. The van der Waals surface area contributed by atoms with Gasteiger partial charge in [-0.05, 0) is 29.9 Å². The van der Waals surface area contributed by atoms with Gasteiger partial charge in [0.15, 0.2) is 5.96 Å². The van der Waals surface area contributed by atoms with Crippen LogP contribution in [-0.4, -0.2) is 74.7 Å². The molecule has 1 aromatic carbocycles. The number of rotatable bonds is 7. The molecule has 2 N–H and O–H groups in total. The highest BCUT2D eigenvalue weighted by Gasteiger charge is 2.22. The van der Waals surface area contributed by atoms with Gasteiger partial charge in [-0.15, -0.1) is 24.0 Å². The topological polar surface area (TPSA) is 69.2 Å². The Labute approximate surface area is 210 Å². The summed E-state index contributed by atoms with van der Waals surface area (Å²) in [6.07, 6.45) is 4.93. The molecule has 2 fully saturated rings. The van der Waals surface area contributed by atoms with Crippen LogP contribution in [0.1, 0.15) is 43.7 Å². The first-order valence-electron chi connectivity index (χ1n) is 11.6. The Hall–Kier alpha value is -1.39. The van der Waals surface area contributed by atoms with Crippen LogP contribution < -0.4 is 10.6 Å². The van der Waals surface area contributed by atoms with Crippen LogP contribution in [-0.2, 0) is 22.6 Å². The van der Waals surface area contributed by atoms with Gasteiger partial charge in [-0.3, -0.25) is 9.69 Å². The molecule has 2 unspecified atom stereocenters. The van der Waals surface area contributed by atoms with E-state index in [1.807, 2.05) is 0 Å². The van der Waals surface area contributed by atoms with Crippen molar-refractivity contribution in [2.24, 2.45) is 10.9 Å². The van der Waals surface area contributed by atoms with Crippen molar-refractivity contribution in [3.63, 3.8) is 0 Å². The van der Waals surface area contributed by atoms with E-state index in [4.69, 9.17) is 9.73 Å². The summed E-state index contributed by atoms with van der Waals surface area (Å²) < 4.78 is 5.48. The standard InChI is InChI=1S/C24H39N5O2.HI/c1-19-8-4-7-11-22(19)27-24(26-17-23(30)28(2)3)25-16-20-9-5-6-10-21(20)18-29-12-14-31-15-13-29;/h5-6,9-10,19,22H,4,7-8,11-18H2,1-3H3,(H2,25,26,27);1H. The molecular weight excluding hydrogens is 517 g/mol. The highest BCUT2D eigenvalue weighted by atomic mass is 127. The number of nitrogens with zero attached hydrogens (tertiary/aromatic N) is 3. The zero-order valence-corrected chi connectivity index (χ0v) is 22.1. The summed E-state index contributed by atoms with van der Waals surface area (Å²) in [4.78, 5) is 21.0. The minimum atomic E-state index is 0.